The van der Waals surface area contributed by atoms with E-state index in [4.69, 9.17) is 9.47 Å². The number of esters is 2. The molecule has 5 heteroatoms. The zero-order valence-electron chi connectivity index (χ0n) is 23.3. The second kappa shape index (κ2) is 14.5. The summed E-state index contributed by atoms with van der Waals surface area (Å²) in [5, 5.41) is 11.1. The second-order valence-electron chi connectivity index (χ2n) is 10.2. The number of rotatable bonds is 14. The van der Waals surface area contributed by atoms with Gasteiger partial charge in [0.15, 0.2) is 5.60 Å². The fourth-order valence-electron chi connectivity index (χ4n) is 4.96. The highest BCUT2D eigenvalue weighted by Crippen LogP contribution is 2.39. The van der Waals surface area contributed by atoms with E-state index in [1.54, 1.807) is 6.92 Å². The number of carbonyl (C=O) groups is 2. The van der Waals surface area contributed by atoms with Crippen LogP contribution in [-0.2, 0) is 30.9 Å². The minimum Gasteiger partial charge on any atom is -0.466 e. The summed E-state index contributed by atoms with van der Waals surface area (Å²) in [5.74, 6) is -1.42. The number of allylic oxidation sites excluding steroid dienone is 2. The summed E-state index contributed by atoms with van der Waals surface area (Å²) in [6.07, 6.45) is 3.25. The number of aliphatic hydroxyl groups is 1. The molecule has 0 radical (unpaired) electrons. The summed E-state index contributed by atoms with van der Waals surface area (Å²) in [6, 6.07) is 30.8. The molecule has 3 rings (SSSR count). The van der Waals surface area contributed by atoms with Crippen molar-refractivity contribution >= 4 is 11.9 Å². The molecule has 0 spiro atoms. The molecule has 0 aromatic heterocycles. The fourth-order valence-corrected chi connectivity index (χ4v) is 4.96. The first-order chi connectivity index (χ1) is 18.8. The van der Waals surface area contributed by atoms with Gasteiger partial charge in [-0.05, 0) is 63.1 Å². The van der Waals surface area contributed by atoms with Crippen molar-refractivity contribution in [3.05, 3.63) is 119 Å². The predicted molar refractivity (Wildman–Crippen MR) is 154 cm³/mol. The van der Waals surface area contributed by atoms with Crippen LogP contribution in [0.5, 0.6) is 0 Å². The van der Waals surface area contributed by atoms with Gasteiger partial charge >= 0.3 is 11.9 Å². The molecule has 0 bridgehead atoms. The van der Waals surface area contributed by atoms with Crippen molar-refractivity contribution in [2.45, 2.75) is 63.9 Å². The van der Waals surface area contributed by atoms with Crippen molar-refractivity contribution in [2.24, 2.45) is 0 Å². The molecule has 0 heterocycles. The summed E-state index contributed by atoms with van der Waals surface area (Å²) in [7, 11) is 0. The topological polar surface area (TPSA) is 72.8 Å². The first-order valence-electron chi connectivity index (χ1n) is 13.6. The smallest absolute Gasteiger partial charge is 0.338 e. The molecule has 0 aliphatic rings. The minimum atomic E-state index is -1.93. The van der Waals surface area contributed by atoms with E-state index in [-0.39, 0.29) is 19.6 Å². The lowest BCUT2D eigenvalue weighted by atomic mass is 9.68. The Morgan fingerprint density at radius 3 is 1.85 bits per heavy atom. The average Bonchev–Trinajstić information content (AvgIpc) is 2.94. The van der Waals surface area contributed by atoms with Crippen LogP contribution in [0.25, 0.3) is 0 Å². The van der Waals surface area contributed by atoms with Crippen molar-refractivity contribution < 1.29 is 24.2 Å². The Kier molecular flexibility index (Phi) is 11.1. The van der Waals surface area contributed by atoms with Gasteiger partial charge in [-0.25, -0.2) is 4.79 Å². The Hall–Kier alpha value is -3.70. The van der Waals surface area contributed by atoms with Gasteiger partial charge in [0.1, 0.15) is 0 Å². The summed E-state index contributed by atoms with van der Waals surface area (Å²) < 4.78 is 10.8. The Labute approximate surface area is 232 Å². The monoisotopic (exact) mass is 528 g/mol. The van der Waals surface area contributed by atoms with Crippen LogP contribution < -0.4 is 0 Å². The maximum absolute atomic E-state index is 13.0. The molecular weight excluding hydrogens is 488 g/mol. The molecule has 206 valence electrons. The van der Waals surface area contributed by atoms with Crippen LogP contribution >= 0.6 is 0 Å². The van der Waals surface area contributed by atoms with E-state index < -0.39 is 29.4 Å². The SMILES string of the molecule is CCOC(=O)[C@@](O)(CCC=C(C)C)CC(=O)OCCC(Cc1ccccc1)(c1ccccc1)c1ccccc1. The number of hydrogen-bond donors (Lipinski definition) is 1. The number of ether oxygens (including phenoxy) is 2. The molecule has 0 aliphatic carbocycles. The standard InChI is InChI=1S/C34H40O5/c1-4-38-32(36)34(37,22-14-15-27(2)3)26-31(35)39-24-23-33(29-18-10-6-11-19-29,30-20-12-7-13-21-30)25-28-16-8-5-9-17-28/h5-13,15-21,37H,4,14,22-26H2,1-3H3/t34-/m1/s1. The molecule has 0 amide bonds. The van der Waals surface area contributed by atoms with Crippen LogP contribution in [0.4, 0.5) is 0 Å². The molecule has 0 unspecified atom stereocenters. The summed E-state index contributed by atoms with van der Waals surface area (Å²) in [6.45, 7) is 5.81. The van der Waals surface area contributed by atoms with Gasteiger partial charge in [0, 0.05) is 5.41 Å². The van der Waals surface area contributed by atoms with Crippen molar-refractivity contribution in [1.29, 1.82) is 0 Å². The highest BCUT2D eigenvalue weighted by atomic mass is 16.6. The van der Waals surface area contributed by atoms with E-state index in [0.29, 0.717) is 12.8 Å². The van der Waals surface area contributed by atoms with Gasteiger partial charge in [-0.2, -0.15) is 0 Å². The quantitative estimate of drug-likeness (QED) is 0.189. The maximum atomic E-state index is 13.0. The van der Waals surface area contributed by atoms with Crippen LogP contribution in [0.1, 0.15) is 63.1 Å². The molecule has 3 aromatic rings. The van der Waals surface area contributed by atoms with Gasteiger partial charge in [0.05, 0.1) is 19.6 Å². The zero-order valence-corrected chi connectivity index (χ0v) is 23.3. The lowest BCUT2D eigenvalue weighted by Crippen LogP contribution is -2.42. The van der Waals surface area contributed by atoms with Crippen molar-refractivity contribution in [2.75, 3.05) is 13.2 Å². The van der Waals surface area contributed by atoms with Crippen molar-refractivity contribution in [3.8, 4) is 0 Å². The third-order valence-corrected chi connectivity index (χ3v) is 7.00. The van der Waals surface area contributed by atoms with Gasteiger partial charge in [-0.15, -0.1) is 0 Å². The Morgan fingerprint density at radius 1 is 0.795 bits per heavy atom. The van der Waals surface area contributed by atoms with Crippen LogP contribution in [0.2, 0.25) is 0 Å². The number of benzene rings is 3. The normalized spacial score (nSPS) is 12.7. The molecule has 1 atom stereocenters. The lowest BCUT2D eigenvalue weighted by Gasteiger charge is -2.36. The molecule has 39 heavy (non-hydrogen) atoms. The molecule has 1 N–H and O–H groups in total. The average molecular weight is 529 g/mol. The van der Waals surface area contributed by atoms with Gasteiger partial charge in [-0.1, -0.05) is 103 Å². The van der Waals surface area contributed by atoms with E-state index in [9.17, 15) is 14.7 Å². The van der Waals surface area contributed by atoms with Crippen LogP contribution in [0, 0.1) is 0 Å². The van der Waals surface area contributed by atoms with Gasteiger partial charge in [0.2, 0.25) is 0 Å². The van der Waals surface area contributed by atoms with E-state index in [1.807, 2.05) is 74.5 Å². The molecule has 0 fully saturated rings. The fraction of sp³-hybridized carbons (Fsp3) is 0.353. The third-order valence-electron chi connectivity index (χ3n) is 7.00. The summed E-state index contributed by atoms with van der Waals surface area (Å²) in [4.78, 5) is 25.6. The summed E-state index contributed by atoms with van der Waals surface area (Å²) >= 11 is 0. The minimum absolute atomic E-state index is 0.0814. The maximum Gasteiger partial charge on any atom is 0.338 e. The largest absolute Gasteiger partial charge is 0.466 e. The number of carbonyl (C=O) groups excluding carboxylic acids is 2. The molecule has 0 aliphatic heterocycles. The van der Waals surface area contributed by atoms with E-state index in [1.165, 1.54) is 5.56 Å². The lowest BCUT2D eigenvalue weighted by molar-refractivity contribution is -0.173. The van der Waals surface area contributed by atoms with E-state index in [0.717, 1.165) is 23.1 Å². The molecular formula is C34H40O5. The van der Waals surface area contributed by atoms with Crippen LogP contribution in [-0.4, -0.2) is 35.9 Å². The molecule has 0 saturated heterocycles. The second-order valence-corrected chi connectivity index (χ2v) is 10.2. The van der Waals surface area contributed by atoms with Crippen molar-refractivity contribution in [3.63, 3.8) is 0 Å². The van der Waals surface area contributed by atoms with Gasteiger partial charge in [-0.3, -0.25) is 4.79 Å². The molecule has 3 aromatic carbocycles. The first kappa shape index (κ1) is 29.9. The third kappa shape index (κ3) is 8.39. The van der Waals surface area contributed by atoms with E-state index >= 15 is 0 Å². The molecule has 0 saturated carbocycles. The van der Waals surface area contributed by atoms with Crippen LogP contribution in [0.15, 0.2) is 103 Å². The van der Waals surface area contributed by atoms with Crippen LogP contribution in [0.3, 0.4) is 0 Å². The zero-order chi connectivity index (χ0) is 28.1. The molecule has 5 nitrogen and oxygen atoms in total. The predicted octanol–water partition coefficient (Wildman–Crippen LogP) is 6.58. The van der Waals surface area contributed by atoms with Gasteiger partial charge < -0.3 is 14.6 Å². The van der Waals surface area contributed by atoms with E-state index in [2.05, 4.69) is 36.4 Å². The first-order valence-corrected chi connectivity index (χ1v) is 13.6. The highest BCUT2D eigenvalue weighted by molar-refractivity contribution is 5.85. The Balaban J connectivity index is 1.83. The Morgan fingerprint density at radius 2 is 1.33 bits per heavy atom. The highest BCUT2D eigenvalue weighted by Gasteiger charge is 2.40. The Bertz CT molecular complexity index is 1160. The number of hydrogen-bond acceptors (Lipinski definition) is 5. The van der Waals surface area contributed by atoms with Gasteiger partial charge in [0.25, 0.3) is 0 Å². The van der Waals surface area contributed by atoms with Crippen molar-refractivity contribution in [1.82, 2.24) is 0 Å². The summed E-state index contributed by atoms with van der Waals surface area (Å²) in [5.41, 5.74) is 2.11.